The number of aliphatic hydroxyl groups is 1. The summed E-state index contributed by atoms with van der Waals surface area (Å²) < 4.78 is 39.7. The predicted octanol–water partition coefficient (Wildman–Crippen LogP) is 2.06. The van der Waals surface area contributed by atoms with Crippen LogP contribution in [0.25, 0.3) is 0 Å². The lowest BCUT2D eigenvalue weighted by Gasteiger charge is -2.26. The summed E-state index contributed by atoms with van der Waals surface area (Å²) in [4.78, 5) is -0.123. The van der Waals surface area contributed by atoms with Crippen LogP contribution in [0.4, 0.5) is 4.39 Å². The fourth-order valence-corrected chi connectivity index (χ4v) is 4.01. The maximum absolute atomic E-state index is 12.9. The van der Waals surface area contributed by atoms with Gasteiger partial charge in [-0.05, 0) is 43.9 Å². The number of aliphatic hydroxyl groups excluding tert-OH is 1. The van der Waals surface area contributed by atoms with Gasteiger partial charge in [0.15, 0.2) is 0 Å². The van der Waals surface area contributed by atoms with Gasteiger partial charge in [-0.25, -0.2) is 17.5 Å². The molecule has 0 aromatic heterocycles. The summed E-state index contributed by atoms with van der Waals surface area (Å²) in [5, 5.41) is 9.24. The molecule has 106 valence electrons. The molecule has 0 bridgehead atoms. The van der Waals surface area contributed by atoms with Gasteiger partial charge in [0.25, 0.3) is 0 Å². The van der Waals surface area contributed by atoms with Gasteiger partial charge in [0.1, 0.15) is 10.7 Å². The molecule has 0 aliphatic heterocycles. The smallest absolute Gasteiger partial charge is 0.242 e. The van der Waals surface area contributed by atoms with Crippen LogP contribution in [-0.2, 0) is 10.0 Å². The third kappa shape index (κ3) is 3.66. The highest BCUT2D eigenvalue weighted by Gasteiger charge is 2.26. The van der Waals surface area contributed by atoms with Gasteiger partial charge >= 0.3 is 0 Å². The number of halogens is 2. The number of benzene rings is 1. The Morgan fingerprint density at radius 2 is 1.89 bits per heavy atom. The Bertz CT molecular complexity index is 556. The highest BCUT2D eigenvalue weighted by molar-refractivity contribution is 7.89. The van der Waals surface area contributed by atoms with E-state index in [2.05, 4.69) is 4.72 Å². The second-order valence-corrected chi connectivity index (χ2v) is 6.79. The van der Waals surface area contributed by atoms with Crippen LogP contribution < -0.4 is 4.72 Å². The second-order valence-electron chi connectivity index (χ2n) is 4.70. The van der Waals surface area contributed by atoms with Gasteiger partial charge in [-0.15, -0.1) is 0 Å². The molecule has 7 heteroatoms. The summed E-state index contributed by atoms with van der Waals surface area (Å²) in [7, 11) is -3.76. The first-order chi connectivity index (χ1) is 8.88. The summed E-state index contributed by atoms with van der Waals surface area (Å²) in [5.74, 6) is -0.579. The molecule has 1 aromatic rings. The van der Waals surface area contributed by atoms with Crippen molar-refractivity contribution in [3.8, 4) is 0 Å². The van der Waals surface area contributed by atoms with Crippen LogP contribution in [0.2, 0.25) is 5.02 Å². The first-order valence-electron chi connectivity index (χ1n) is 6.04. The number of nitrogens with one attached hydrogen (secondary N) is 1. The average molecular weight is 308 g/mol. The van der Waals surface area contributed by atoms with Gasteiger partial charge in [-0.3, -0.25) is 0 Å². The third-order valence-electron chi connectivity index (χ3n) is 3.20. The predicted molar refractivity (Wildman–Crippen MR) is 70.0 cm³/mol. The zero-order chi connectivity index (χ0) is 14.0. The number of hydrogen-bond acceptors (Lipinski definition) is 3. The Hall–Kier alpha value is -0.690. The van der Waals surface area contributed by atoms with Crippen molar-refractivity contribution in [3.63, 3.8) is 0 Å². The maximum atomic E-state index is 12.9. The summed E-state index contributed by atoms with van der Waals surface area (Å²) in [6.45, 7) is 0. The monoisotopic (exact) mass is 307 g/mol. The molecule has 0 amide bonds. The van der Waals surface area contributed by atoms with E-state index in [4.69, 9.17) is 11.6 Å². The molecular weight excluding hydrogens is 293 g/mol. The van der Waals surface area contributed by atoms with E-state index < -0.39 is 15.8 Å². The van der Waals surface area contributed by atoms with Crippen LogP contribution in [0, 0.1) is 5.82 Å². The molecule has 4 nitrogen and oxygen atoms in total. The van der Waals surface area contributed by atoms with Crippen molar-refractivity contribution in [2.24, 2.45) is 0 Å². The Morgan fingerprint density at radius 3 is 2.47 bits per heavy atom. The van der Waals surface area contributed by atoms with E-state index in [9.17, 15) is 17.9 Å². The third-order valence-corrected chi connectivity index (χ3v) is 5.21. The van der Waals surface area contributed by atoms with Crippen LogP contribution >= 0.6 is 11.6 Å². The lowest BCUT2D eigenvalue weighted by molar-refractivity contribution is 0.120. The van der Waals surface area contributed by atoms with E-state index in [1.165, 1.54) is 0 Å². The molecule has 2 N–H and O–H groups in total. The molecule has 1 saturated carbocycles. The molecule has 0 heterocycles. The Balaban J connectivity index is 2.14. The highest BCUT2D eigenvalue weighted by atomic mass is 35.5. The lowest BCUT2D eigenvalue weighted by Crippen LogP contribution is -2.38. The first-order valence-corrected chi connectivity index (χ1v) is 7.90. The topological polar surface area (TPSA) is 66.4 Å². The van der Waals surface area contributed by atoms with E-state index in [-0.39, 0.29) is 22.1 Å². The molecule has 2 rings (SSSR count). The molecule has 0 atom stereocenters. The summed E-state index contributed by atoms with van der Waals surface area (Å²) >= 11 is 5.76. The van der Waals surface area contributed by atoms with Crippen molar-refractivity contribution in [2.45, 2.75) is 42.7 Å². The molecule has 1 aromatic carbocycles. The van der Waals surface area contributed by atoms with Crippen molar-refractivity contribution in [1.82, 2.24) is 4.72 Å². The molecular formula is C12H15ClFNO3S. The largest absolute Gasteiger partial charge is 0.393 e. The minimum atomic E-state index is -3.76. The van der Waals surface area contributed by atoms with Crippen LogP contribution in [0.1, 0.15) is 25.7 Å². The van der Waals surface area contributed by atoms with Gasteiger partial charge < -0.3 is 5.11 Å². The van der Waals surface area contributed by atoms with Gasteiger partial charge in [0.2, 0.25) is 10.0 Å². The molecule has 1 aliphatic rings. The van der Waals surface area contributed by atoms with E-state index in [0.717, 1.165) is 18.2 Å². The Morgan fingerprint density at radius 1 is 1.26 bits per heavy atom. The molecule has 19 heavy (non-hydrogen) atoms. The van der Waals surface area contributed by atoms with E-state index in [1.54, 1.807) is 0 Å². The molecule has 1 aliphatic carbocycles. The van der Waals surface area contributed by atoms with Crippen molar-refractivity contribution in [1.29, 1.82) is 0 Å². The van der Waals surface area contributed by atoms with Gasteiger partial charge in [0, 0.05) is 6.04 Å². The second kappa shape index (κ2) is 5.75. The molecule has 0 unspecified atom stereocenters. The Kier molecular flexibility index (Phi) is 4.45. The quantitative estimate of drug-likeness (QED) is 0.898. The summed E-state index contributed by atoms with van der Waals surface area (Å²) in [6.07, 6.45) is 1.96. The minimum Gasteiger partial charge on any atom is -0.393 e. The van der Waals surface area contributed by atoms with Crippen molar-refractivity contribution >= 4 is 21.6 Å². The van der Waals surface area contributed by atoms with Gasteiger partial charge in [-0.1, -0.05) is 11.6 Å². The zero-order valence-electron chi connectivity index (χ0n) is 10.1. The number of rotatable bonds is 3. The normalized spacial score (nSPS) is 24.4. The van der Waals surface area contributed by atoms with Crippen LogP contribution in [0.15, 0.2) is 23.1 Å². The van der Waals surface area contributed by atoms with Crippen LogP contribution in [0.3, 0.4) is 0 Å². The van der Waals surface area contributed by atoms with E-state index in [0.29, 0.717) is 25.7 Å². The van der Waals surface area contributed by atoms with E-state index >= 15 is 0 Å². The molecule has 1 fully saturated rings. The van der Waals surface area contributed by atoms with Gasteiger partial charge in [0.05, 0.1) is 11.1 Å². The Labute approximate surface area is 116 Å². The minimum absolute atomic E-state index is 0.123. The lowest BCUT2D eigenvalue weighted by atomic mass is 9.94. The van der Waals surface area contributed by atoms with Gasteiger partial charge in [-0.2, -0.15) is 0 Å². The summed E-state index contributed by atoms with van der Waals surface area (Å²) in [5.41, 5.74) is 0. The zero-order valence-corrected chi connectivity index (χ0v) is 11.7. The summed E-state index contributed by atoms with van der Waals surface area (Å²) in [6, 6.07) is 2.97. The fraction of sp³-hybridized carbons (Fsp3) is 0.500. The van der Waals surface area contributed by atoms with E-state index in [1.807, 2.05) is 0 Å². The van der Waals surface area contributed by atoms with Crippen LogP contribution in [-0.4, -0.2) is 25.7 Å². The number of sulfonamides is 1. The standard InChI is InChI=1S/C12H15ClFNO3S/c13-11-7-8(14)1-6-12(11)19(17,18)15-9-2-4-10(16)5-3-9/h1,6-7,9-10,15-16H,2-5H2. The molecule has 0 radical (unpaired) electrons. The fourth-order valence-electron chi connectivity index (χ4n) is 2.17. The number of hydrogen-bond donors (Lipinski definition) is 2. The molecule has 0 saturated heterocycles. The van der Waals surface area contributed by atoms with Crippen molar-refractivity contribution in [3.05, 3.63) is 29.0 Å². The van der Waals surface area contributed by atoms with Crippen molar-refractivity contribution in [2.75, 3.05) is 0 Å². The highest BCUT2D eigenvalue weighted by Crippen LogP contribution is 2.25. The SMILES string of the molecule is O=S(=O)(NC1CCC(O)CC1)c1ccc(F)cc1Cl. The maximum Gasteiger partial charge on any atom is 0.242 e. The average Bonchev–Trinajstić information content (AvgIpc) is 2.31. The van der Waals surface area contributed by atoms with Crippen LogP contribution in [0.5, 0.6) is 0 Å². The molecule has 0 spiro atoms. The first kappa shape index (κ1) is 14.7. The van der Waals surface area contributed by atoms with Crippen molar-refractivity contribution < 1.29 is 17.9 Å².